The van der Waals surface area contributed by atoms with Crippen LogP contribution >= 0.6 is 22.9 Å². The standard InChI is InChI=1S/C17H10ClN3O2S/c18-12-5-3-11(4-6-12)15-10-24-17-20-19-14(16(22)21(15)17)8-7-13-2-1-9-23-13/h1-10H/b8-7+. The molecule has 0 unspecified atom stereocenters. The maximum Gasteiger partial charge on any atom is 0.285 e. The van der Waals surface area contributed by atoms with Crippen molar-refractivity contribution in [3.8, 4) is 11.3 Å². The van der Waals surface area contributed by atoms with Gasteiger partial charge in [-0.15, -0.1) is 21.5 Å². The fourth-order valence-electron chi connectivity index (χ4n) is 2.31. The minimum atomic E-state index is -0.228. The first-order valence-corrected chi connectivity index (χ1v) is 8.32. The van der Waals surface area contributed by atoms with Gasteiger partial charge in [0.05, 0.1) is 12.0 Å². The van der Waals surface area contributed by atoms with Crippen molar-refractivity contribution in [1.29, 1.82) is 0 Å². The molecule has 3 heterocycles. The highest BCUT2D eigenvalue weighted by Gasteiger charge is 2.12. The molecule has 0 atom stereocenters. The summed E-state index contributed by atoms with van der Waals surface area (Å²) < 4.78 is 6.78. The number of hydrogen-bond donors (Lipinski definition) is 0. The zero-order valence-electron chi connectivity index (χ0n) is 12.2. The quantitative estimate of drug-likeness (QED) is 0.551. The predicted octanol–water partition coefficient (Wildman–Crippen LogP) is 4.23. The molecule has 7 heteroatoms. The molecule has 0 amide bonds. The van der Waals surface area contributed by atoms with Gasteiger partial charge in [0.1, 0.15) is 5.76 Å². The number of hydrogen-bond acceptors (Lipinski definition) is 5. The lowest BCUT2D eigenvalue weighted by molar-refractivity contribution is 0.557. The van der Waals surface area contributed by atoms with Gasteiger partial charge in [0, 0.05) is 10.4 Å². The van der Waals surface area contributed by atoms with Crippen LogP contribution < -0.4 is 5.56 Å². The van der Waals surface area contributed by atoms with E-state index in [1.807, 2.05) is 17.5 Å². The third-order valence-electron chi connectivity index (χ3n) is 3.46. The van der Waals surface area contributed by atoms with Gasteiger partial charge in [-0.1, -0.05) is 23.7 Å². The summed E-state index contributed by atoms with van der Waals surface area (Å²) in [6.07, 6.45) is 4.86. The first-order chi connectivity index (χ1) is 11.7. The van der Waals surface area contributed by atoms with E-state index in [0.29, 0.717) is 15.7 Å². The van der Waals surface area contributed by atoms with Crippen molar-refractivity contribution in [1.82, 2.24) is 14.6 Å². The average molecular weight is 356 g/mol. The van der Waals surface area contributed by atoms with Crippen LogP contribution in [0.2, 0.25) is 5.02 Å². The maximum atomic E-state index is 12.8. The van der Waals surface area contributed by atoms with Gasteiger partial charge < -0.3 is 4.42 Å². The Morgan fingerprint density at radius 3 is 2.71 bits per heavy atom. The molecule has 0 aliphatic heterocycles. The second-order valence-electron chi connectivity index (χ2n) is 4.98. The van der Waals surface area contributed by atoms with E-state index in [1.54, 1.807) is 47.1 Å². The third-order valence-corrected chi connectivity index (χ3v) is 4.53. The molecule has 24 heavy (non-hydrogen) atoms. The second kappa shape index (κ2) is 6.07. The van der Waals surface area contributed by atoms with Crippen LogP contribution in [-0.2, 0) is 0 Å². The predicted molar refractivity (Wildman–Crippen MR) is 95.2 cm³/mol. The summed E-state index contributed by atoms with van der Waals surface area (Å²) in [5, 5.41) is 10.7. The molecule has 0 saturated carbocycles. The molecule has 1 aromatic carbocycles. The average Bonchev–Trinajstić information content (AvgIpc) is 3.24. The Kier molecular flexibility index (Phi) is 3.76. The molecule has 5 nitrogen and oxygen atoms in total. The van der Waals surface area contributed by atoms with E-state index in [-0.39, 0.29) is 11.3 Å². The van der Waals surface area contributed by atoms with Gasteiger partial charge in [-0.3, -0.25) is 4.79 Å². The Bertz CT molecular complexity index is 1080. The molecule has 118 valence electrons. The first-order valence-electron chi connectivity index (χ1n) is 7.07. The lowest BCUT2D eigenvalue weighted by atomic mass is 10.2. The molecule has 0 saturated heterocycles. The Morgan fingerprint density at radius 1 is 1.12 bits per heavy atom. The normalized spacial score (nSPS) is 11.5. The lowest BCUT2D eigenvalue weighted by Crippen LogP contribution is -2.19. The number of rotatable bonds is 3. The molecule has 0 aliphatic rings. The summed E-state index contributed by atoms with van der Waals surface area (Å²) >= 11 is 7.30. The van der Waals surface area contributed by atoms with Crippen LogP contribution in [0.3, 0.4) is 0 Å². The third kappa shape index (κ3) is 2.66. The summed E-state index contributed by atoms with van der Waals surface area (Å²) in [7, 11) is 0. The van der Waals surface area contributed by atoms with Crippen molar-refractivity contribution in [2.24, 2.45) is 0 Å². The van der Waals surface area contributed by atoms with Crippen LogP contribution in [0.1, 0.15) is 11.5 Å². The molecule has 0 bridgehead atoms. The fourth-order valence-corrected chi connectivity index (χ4v) is 3.26. The molecule has 0 fully saturated rings. The summed E-state index contributed by atoms with van der Waals surface area (Å²) in [4.78, 5) is 13.3. The molecule has 0 aliphatic carbocycles. The van der Waals surface area contributed by atoms with Crippen LogP contribution in [-0.4, -0.2) is 14.6 Å². The van der Waals surface area contributed by atoms with Crippen LogP contribution in [0.4, 0.5) is 0 Å². The summed E-state index contributed by atoms with van der Waals surface area (Å²) in [5.41, 5.74) is 1.67. The fraction of sp³-hybridized carbons (Fsp3) is 0. The minimum Gasteiger partial charge on any atom is -0.465 e. The SMILES string of the molecule is O=c1c(/C=C/c2ccco2)nnc2scc(-c3ccc(Cl)cc3)n12. The molecule has 0 spiro atoms. The highest BCUT2D eigenvalue weighted by atomic mass is 35.5. The van der Waals surface area contributed by atoms with Gasteiger partial charge in [-0.2, -0.15) is 0 Å². The summed E-state index contributed by atoms with van der Waals surface area (Å²) in [5.74, 6) is 0.643. The van der Waals surface area contributed by atoms with E-state index < -0.39 is 0 Å². The number of halogens is 1. The number of fused-ring (bicyclic) bond motifs is 1. The molecule has 4 aromatic rings. The maximum absolute atomic E-state index is 12.8. The summed E-state index contributed by atoms with van der Waals surface area (Å²) in [6.45, 7) is 0. The zero-order chi connectivity index (χ0) is 16.5. The van der Waals surface area contributed by atoms with Crippen LogP contribution in [0.5, 0.6) is 0 Å². The van der Waals surface area contributed by atoms with Crippen LogP contribution in [0, 0.1) is 0 Å². The van der Waals surface area contributed by atoms with Gasteiger partial charge in [0.2, 0.25) is 4.96 Å². The molecule has 0 N–H and O–H groups in total. The Hall–Kier alpha value is -2.70. The van der Waals surface area contributed by atoms with E-state index >= 15 is 0 Å². The van der Waals surface area contributed by atoms with Gasteiger partial charge in [-0.25, -0.2) is 4.40 Å². The second-order valence-corrected chi connectivity index (χ2v) is 6.26. The van der Waals surface area contributed by atoms with Crippen LogP contribution in [0.15, 0.2) is 57.3 Å². The molecular formula is C17H10ClN3O2S. The number of furan rings is 1. The van der Waals surface area contributed by atoms with Crippen molar-refractivity contribution in [2.75, 3.05) is 0 Å². The van der Waals surface area contributed by atoms with E-state index in [9.17, 15) is 4.79 Å². The monoisotopic (exact) mass is 355 g/mol. The van der Waals surface area contributed by atoms with Gasteiger partial charge in [0.25, 0.3) is 5.56 Å². The van der Waals surface area contributed by atoms with Gasteiger partial charge >= 0.3 is 0 Å². The van der Waals surface area contributed by atoms with Crippen molar-refractivity contribution < 1.29 is 4.42 Å². The molecule has 0 radical (unpaired) electrons. The van der Waals surface area contributed by atoms with Gasteiger partial charge in [-0.05, 0) is 42.0 Å². The lowest BCUT2D eigenvalue weighted by Gasteiger charge is -2.02. The largest absolute Gasteiger partial charge is 0.465 e. The van der Waals surface area contributed by atoms with Gasteiger partial charge in [0.15, 0.2) is 5.69 Å². The van der Waals surface area contributed by atoms with Crippen molar-refractivity contribution in [2.45, 2.75) is 0 Å². The number of benzene rings is 1. The van der Waals surface area contributed by atoms with Crippen molar-refractivity contribution >= 4 is 40.1 Å². The zero-order valence-corrected chi connectivity index (χ0v) is 13.8. The van der Waals surface area contributed by atoms with E-state index in [1.165, 1.54) is 11.3 Å². The number of nitrogens with zero attached hydrogens (tertiary/aromatic N) is 3. The minimum absolute atomic E-state index is 0.228. The van der Waals surface area contributed by atoms with Crippen molar-refractivity contribution in [3.63, 3.8) is 0 Å². The molecule has 4 rings (SSSR count). The Labute approximate surface area is 145 Å². The summed E-state index contributed by atoms with van der Waals surface area (Å²) in [6, 6.07) is 10.9. The number of aromatic nitrogens is 3. The highest BCUT2D eigenvalue weighted by Crippen LogP contribution is 2.25. The molecule has 3 aromatic heterocycles. The van der Waals surface area contributed by atoms with E-state index in [2.05, 4.69) is 10.2 Å². The van der Waals surface area contributed by atoms with E-state index in [4.69, 9.17) is 16.0 Å². The Morgan fingerprint density at radius 2 is 1.96 bits per heavy atom. The molecular weight excluding hydrogens is 346 g/mol. The number of thiazole rings is 1. The Balaban J connectivity index is 1.84. The highest BCUT2D eigenvalue weighted by molar-refractivity contribution is 7.15. The van der Waals surface area contributed by atoms with E-state index in [0.717, 1.165) is 11.3 Å². The first kappa shape index (κ1) is 14.9. The van der Waals surface area contributed by atoms with Crippen molar-refractivity contribution in [3.05, 3.63) is 74.9 Å². The van der Waals surface area contributed by atoms with Crippen LogP contribution in [0.25, 0.3) is 28.4 Å². The topological polar surface area (TPSA) is 60.4 Å². The smallest absolute Gasteiger partial charge is 0.285 e.